The Balaban J connectivity index is 1.90. The SMILES string of the molecule is CCCOc1ccc(-c2ccnc(Nc3ccccc3)n2)cc1C(N)=O. The van der Waals surface area contributed by atoms with Crippen LogP contribution in [0.4, 0.5) is 11.6 Å². The molecular formula is C20H20N4O2. The van der Waals surface area contributed by atoms with Crippen molar-refractivity contribution in [3.63, 3.8) is 0 Å². The maximum absolute atomic E-state index is 11.8. The third kappa shape index (κ3) is 4.16. The summed E-state index contributed by atoms with van der Waals surface area (Å²) in [6.45, 7) is 2.53. The first-order valence-electron chi connectivity index (χ1n) is 8.39. The lowest BCUT2D eigenvalue weighted by molar-refractivity contribution is 0.0996. The van der Waals surface area contributed by atoms with Crippen LogP contribution in [0, 0.1) is 0 Å². The summed E-state index contributed by atoms with van der Waals surface area (Å²) in [5.41, 5.74) is 8.18. The number of para-hydroxylation sites is 1. The van der Waals surface area contributed by atoms with Crippen molar-refractivity contribution in [3.05, 3.63) is 66.4 Å². The van der Waals surface area contributed by atoms with E-state index in [4.69, 9.17) is 10.5 Å². The third-order valence-electron chi connectivity index (χ3n) is 3.69. The number of benzene rings is 2. The van der Waals surface area contributed by atoms with Crippen molar-refractivity contribution in [3.8, 4) is 17.0 Å². The van der Waals surface area contributed by atoms with E-state index in [1.807, 2.05) is 43.3 Å². The van der Waals surface area contributed by atoms with Crippen LogP contribution in [0.5, 0.6) is 5.75 Å². The van der Waals surface area contributed by atoms with Gasteiger partial charge in [0.25, 0.3) is 5.91 Å². The molecule has 0 fully saturated rings. The lowest BCUT2D eigenvalue weighted by Crippen LogP contribution is -2.13. The largest absolute Gasteiger partial charge is 0.493 e. The number of amides is 1. The van der Waals surface area contributed by atoms with E-state index in [9.17, 15) is 4.79 Å². The van der Waals surface area contributed by atoms with E-state index in [1.165, 1.54) is 0 Å². The van der Waals surface area contributed by atoms with Gasteiger partial charge in [-0.2, -0.15) is 0 Å². The minimum Gasteiger partial charge on any atom is -0.493 e. The van der Waals surface area contributed by atoms with Gasteiger partial charge < -0.3 is 15.8 Å². The zero-order chi connectivity index (χ0) is 18.4. The standard InChI is InChI=1S/C20H20N4O2/c1-2-12-26-18-9-8-14(13-16(18)19(21)25)17-10-11-22-20(24-17)23-15-6-4-3-5-7-15/h3-11,13H,2,12H2,1H3,(H2,21,25)(H,22,23,24). The van der Waals surface area contributed by atoms with E-state index in [1.54, 1.807) is 24.4 Å². The van der Waals surface area contributed by atoms with E-state index in [-0.39, 0.29) is 0 Å². The Morgan fingerprint density at radius 1 is 1.15 bits per heavy atom. The molecule has 0 unspecified atom stereocenters. The molecule has 0 saturated heterocycles. The molecule has 3 aromatic rings. The Labute approximate surface area is 152 Å². The highest BCUT2D eigenvalue weighted by molar-refractivity contribution is 5.97. The molecule has 0 aliphatic rings. The maximum atomic E-state index is 11.8. The Morgan fingerprint density at radius 3 is 2.69 bits per heavy atom. The molecular weight excluding hydrogens is 328 g/mol. The summed E-state index contributed by atoms with van der Waals surface area (Å²) in [6.07, 6.45) is 2.51. The summed E-state index contributed by atoms with van der Waals surface area (Å²) in [6, 6.07) is 16.7. The normalized spacial score (nSPS) is 10.3. The first-order valence-corrected chi connectivity index (χ1v) is 8.39. The van der Waals surface area contributed by atoms with Crippen molar-refractivity contribution >= 4 is 17.5 Å². The average Bonchev–Trinajstić information content (AvgIpc) is 2.67. The molecule has 1 heterocycles. The molecule has 6 heteroatoms. The van der Waals surface area contributed by atoms with Crippen molar-refractivity contribution in [2.75, 3.05) is 11.9 Å². The number of carbonyl (C=O) groups excluding carboxylic acids is 1. The number of carbonyl (C=O) groups is 1. The summed E-state index contributed by atoms with van der Waals surface area (Å²) in [4.78, 5) is 20.5. The number of aromatic nitrogens is 2. The van der Waals surface area contributed by atoms with Gasteiger partial charge in [0.05, 0.1) is 17.9 Å². The number of hydrogen-bond acceptors (Lipinski definition) is 5. The van der Waals surface area contributed by atoms with Gasteiger partial charge in [-0.3, -0.25) is 4.79 Å². The Hall–Kier alpha value is -3.41. The van der Waals surface area contributed by atoms with E-state index >= 15 is 0 Å². The molecule has 1 aromatic heterocycles. The highest BCUT2D eigenvalue weighted by Crippen LogP contribution is 2.26. The quantitative estimate of drug-likeness (QED) is 0.678. The highest BCUT2D eigenvalue weighted by Gasteiger charge is 2.12. The number of ether oxygens (including phenoxy) is 1. The molecule has 0 atom stereocenters. The summed E-state index contributed by atoms with van der Waals surface area (Å²) < 4.78 is 5.60. The number of nitrogens with one attached hydrogen (secondary N) is 1. The van der Waals surface area contributed by atoms with Gasteiger partial charge in [0.1, 0.15) is 5.75 Å². The molecule has 132 valence electrons. The monoisotopic (exact) mass is 348 g/mol. The van der Waals surface area contributed by atoms with Crippen LogP contribution in [0.25, 0.3) is 11.3 Å². The Kier molecular flexibility index (Phi) is 5.43. The van der Waals surface area contributed by atoms with Gasteiger partial charge in [0.2, 0.25) is 5.95 Å². The van der Waals surface area contributed by atoms with Crippen molar-refractivity contribution < 1.29 is 9.53 Å². The number of rotatable bonds is 7. The number of primary amides is 1. The van der Waals surface area contributed by atoms with Crippen LogP contribution in [0.15, 0.2) is 60.8 Å². The van der Waals surface area contributed by atoms with Crippen molar-refractivity contribution in [2.24, 2.45) is 5.73 Å². The van der Waals surface area contributed by atoms with E-state index in [0.717, 1.165) is 17.7 Å². The summed E-state index contributed by atoms with van der Waals surface area (Å²) in [5.74, 6) is 0.426. The van der Waals surface area contributed by atoms with Gasteiger partial charge in [-0.15, -0.1) is 0 Å². The molecule has 0 spiro atoms. The summed E-state index contributed by atoms with van der Waals surface area (Å²) in [5, 5.41) is 3.15. The van der Waals surface area contributed by atoms with Crippen LogP contribution in [-0.2, 0) is 0 Å². The van der Waals surface area contributed by atoms with Gasteiger partial charge in [-0.05, 0) is 42.8 Å². The maximum Gasteiger partial charge on any atom is 0.252 e. The average molecular weight is 348 g/mol. The number of nitrogens with two attached hydrogens (primary N) is 1. The van der Waals surface area contributed by atoms with Crippen molar-refractivity contribution in [1.29, 1.82) is 0 Å². The number of hydrogen-bond donors (Lipinski definition) is 2. The predicted molar refractivity (Wildman–Crippen MR) is 101 cm³/mol. The molecule has 26 heavy (non-hydrogen) atoms. The molecule has 0 saturated carbocycles. The second-order valence-electron chi connectivity index (χ2n) is 5.68. The zero-order valence-electron chi connectivity index (χ0n) is 14.5. The molecule has 3 N–H and O–H groups in total. The van der Waals surface area contributed by atoms with Gasteiger partial charge in [-0.25, -0.2) is 9.97 Å². The molecule has 0 radical (unpaired) electrons. The van der Waals surface area contributed by atoms with Crippen LogP contribution in [-0.4, -0.2) is 22.5 Å². The van der Waals surface area contributed by atoms with E-state index in [2.05, 4.69) is 15.3 Å². The molecule has 6 nitrogen and oxygen atoms in total. The van der Waals surface area contributed by atoms with Gasteiger partial charge in [0.15, 0.2) is 0 Å². The first kappa shape index (κ1) is 17.4. The lowest BCUT2D eigenvalue weighted by atomic mass is 10.1. The lowest BCUT2D eigenvalue weighted by Gasteiger charge is -2.11. The zero-order valence-corrected chi connectivity index (χ0v) is 14.5. The van der Waals surface area contributed by atoms with Crippen molar-refractivity contribution in [2.45, 2.75) is 13.3 Å². The topological polar surface area (TPSA) is 90.1 Å². The van der Waals surface area contributed by atoms with Gasteiger partial charge >= 0.3 is 0 Å². The second-order valence-corrected chi connectivity index (χ2v) is 5.68. The molecule has 2 aromatic carbocycles. The minimum absolute atomic E-state index is 0.340. The molecule has 0 aliphatic carbocycles. The summed E-state index contributed by atoms with van der Waals surface area (Å²) >= 11 is 0. The Morgan fingerprint density at radius 2 is 1.96 bits per heavy atom. The molecule has 3 rings (SSSR count). The highest BCUT2D eigenvalue weighted by atomic mass is 16.5. The van der Waals surface area contributed by atoms with E-state index < -0.39 is 5.91 Å². The molecule has 0 aliphatic heterocycles. The second kappa shape index (κ2) is 8.11. The van der Waals surface area contributed by atoms with Crippen LogP contribution < -0.4 is 15.8 Å². The van der Waals surface area contributed by atoms with Crippen LogP contribution in [0.1, 0.15) is 23.7 Å². The van der Waals surface area contributed by atoms with Gasteiger partial charge in [-0.1, -0.05) is 25.1 Å². The number of nitrogens with zero attached hydrogens (tertiary/aromatic N) is 2. The van der Waals surface area contributed by atoms with Crippen LogP contribution in [0.2, 0.25) is 0 Å². The van der Waals surface area contributed by atoms with E-state index in [0.29, 0.717) is 29.6 Å². The minimum atomic E-state index is -0.533. The fraction of sp³-hybridized carbons (Fsp3) is 0.150. The third-order valence-corrected chi connectivity index (χ3v) is 3.69. The smallest absolute Gasteiger partial charge is 0.252 e. The van der Waals surface area contributed by atoms with Crippen LogP contribution >= 0.6 is 0 Å². The fourth-order valence-corrected chi connectivity index (χ4v) is 2.45. The molecule has 0 bridgehead atoms. The van der Waals surface area contributed by atoms with Crippen LogP contribution in [0.3, 0.4) is 0 Å². The predicted octanol–water partition coefficient (Wildman–Crippen LogP) is 3.77. The fourth-order valence-electron chi connectivity index (χ4n) is 2.45. The van der Waals surface area contributed by atoms with Gasteiger partial charge in [0, 0.05) is 17.4 Å². The van der Waals surface area contributed by atoms with Crippen molar-refractivity contribution in [1.82, 2.24) is 9.97 Å². The Bertz CT molecular complexity index is 897. The molecule has 1 amide bonds. The first-order chi connectivity index (χ1) is 12.7. The number of anilines is 2. The summed E-state index contributed by atoms with van der Waals surface area (Å²) in [7, 11) is 0.